The lowest BCUT2D eigenvalue weighted by molar-refractivity contribution is 0.218. The van der Waals surface area contributed by atoms with Crippen molar-refractivity contribution in [3.8, 4) is 5.75 Å². The number of carbonyl (C=O) groups is 1. The first-order valence-electron chi connectivity index (χ1n) is 7.13. The number of urea groups is 1. The van der Waals surface area contributed by atoms with Crippen molar-refractivity contribution in [1.29, 1.82) is 0 Å². The van der Waals surface area contributed by atoms with Gasteiger partial charge in [-0.2, -0.15) is 0 Å². The molecule has 122 valence electrons. The van der Waals surface area contributed by atoms with Gasteiger partial charge in [-0.05, 0) is 19.1 Å². The van der Waals surface area contributed by atoms with E-state index in [0.717, 1.165) is 17.1 Å². The van der Waals surface area contributed by atoms with Crippen LogP contribution in [0.3, 0.4) is 0 Å². The Morgan fingerprint density at radius 3 is 3.04 bits per heavy atom. The number of amides is 2. The zero-order valence-corrected chi connectivity index (χ0v) is 14.0. The van der Waals surface area contributed by atoms with Gasteiger partial charge in [0.1, 0.15) is 6.61 Å². The number of nitrogens with zero attached hydrogens (tertiary/aromatic N) is 3. The fraction of sp³-hybridized carbons (Fsp3) is 0.333. The van der Waals surface area contributed by atoms with Crippen LogP contribution in [0.15, 0.2) is 24.5 Å². The molecule has 4 rings (SSSR count). The van der Waals surface area contributed by atoms with Crippen molar-refractivity contribution in [3.05, 3.63) is 40.9 Å². The second-order valence-electron chi connectivity index (χ2n) is 5.56. The van der Waals surface area contributed by atoms with Gasteiger partial charge in [0.15, 0.2) is 5.75 Å². The Morgan fingerprint density at radius 1 is 1.48 bits per heavy atom. The molecule has 1 N–H and O–H groups in total. The number of imidazole rings is 1. The number of H-pyrrole nitrogens is 1. The van der Waals surface area contributed by atoms with Crippen molar-refractivity contribution in [1.82, 2.24) is 14.9 Å². The number of hydrogen-bond acceptors (Lipinski definition) is 3. The first-order chi connectivity index (χ1) is 10.6. The molecule has 6 nitrogen and oxygen atoms in total. The zero-order valence-electron chi connectivity index (χ0n) is 12.5. The zero-order chi connectivity index (χ0) is 15.3. The smallest absolute Gasteiger partial charge is 0.325 e. The largest absolute Gasteiger partial charge is 0.488 e. The van der Waals surface area contributed by atoms with E-state index >= 15 is 0 Å². The third-order valence-corrected chi connectivity index (χ3v) is 4.47. The average Bonchev–Trinajstić information content (AvgIpc) is 3.05. The Hall–Kier alpha value is -1.92. The summed E-state index contributed by atoms with van der Waals surface area (Å²) in [5.74, 6) is 0.589. The van der Waals surface area contributed by atoms with Crippen molar-refractivity contribution in [2.75, 3.05) is 18.1 Å². The number of nitrogens with one attached hydrogen (secondary N) is 1. The maximum absolute atomic E-state index is 12.8. The number of rotatable bonds is 2. The minimum atomic E-state index is -0.0285. The summed E-state index contributed by atoms with van der Waals surface area (Å²) in [5, 5.41) is 0.533. The topological polar surface area (TPSA) is 61.5 Å². The van der Waals surface area contributed by atoms with Crippen LogP contribution in [0.25, 0.3) is 0 Å². The molecule has 2 amide bonds. The molecule has 1 fully saturated rings. The molecule has 23 heavy (non-hydrogen) atoms. The standard InChI is InChI=1S/C15H15ClN4O2.ClH/c1-9-12(18-8-17-9)6-19-5-10-7-22-14-11(16)3-2-4-13(14)20(10)15(19)21;/h2-4,8,10H,5-7H2,1H3,(H,17,18);1H. The Bertz CT molecular complexity index is 749. The summed E-state index contributed by atoms with van der Waals surface area (Å²) in [6.45, 7) is 3.53. The van der Waals surface area contributed by atoms with Gasteiger partial charge in [0.05, 0.1) is 35.3 Å². The lowest BCUT2D eigenvalue weighted by Crippen LogP contribution is -2.41. The lowest BCUT2D eigenvalue weighted by Gasteiger charge is -2.30. The number of hydrogen-bond donors (Lipinski definition) is 1. The van der Waals surface area contributed by atoms with Gasteiger partial charge < -0.3 is 14.6 Å². The van der Waals surface area contributed by atoms with Crippen molar-refractivity contribution in [3.63, 3.8) is 0 Å². The molecule has 2 aromatic rings. The summed E-state index contributed by atoms with van der Waals surface area (Å²) in [6, 6.07) is 5.46. The van der Waals surface area contributed by atoms with E-state index in [4.69, 9.17) is 16.3 Å². The molecule has 0 spiro atoms. The molecule has 3 heterocycles. The maximum atomic E-state index is 12.8. The molecule has 1 aromatic carbocycles. The average molecular weight is 355 g/mol. The second kappa shape index (κ2) is 5.94. The Labute approximate surface area is 144 Å². The fourth-order valence-electron chi connectivity index (χ4n) is 3.02. The minimum absolute atomic E-state index is 0. The quantitative estimate of drug-likeness (QED) is 0.901. The number of benzene rings is 1. The van der Waals surface area contributed by atoms with E-state index in [0.29, 0.717) is 30.5 Å². The summed E-state index contributed by atoms with van der Waals surface area (Å²) in [6.07, 6.45) is 1.65. The minimum Gasteiger partial charge on any atom is -0.488 e. The third-order valence-electron chi connectivity index (χ3n) is 4.17. The molecule has 0 saturated carbocycles. The van der Waals surface area contributed by atoms with Gasteiger partial charge >= 0.3 is 6.03 Å². The highest BCUT2D eigenvalue weighted by atomic mass is 35.5. The number of fused-ring (bicyclic) bond motifs is 3. The normalized spacial score (nSPS) is 19.0. The molecule has 1 atom stereocenters. The van der Waals surface area contributed by atoms with E-state index in [1.165, 1.54) is 0 Å². The van der Waals surface area contributed by atoms with Gasteiger partial charge in [-0.3, -0.25) is 4.90 Å². The SMILES string of the molecule is Cc1[nH]cnc1CN1CC2COc3c(Cl)cccc3N2C1=O.Cl. The first-order valence-corrected chi connectivity index (χ1v) is 7.51. The molecular weight excluding hydrogens is 339 g/mol. The van der Waals surface area contributed by atoms with Crippen molar-refractivity contribution in [2.24, 2.45) is 0 Å². The Morgan fingerprint density at radius 2 is 2.30 bits per heavy atom. The molecule has 2 aliphatic heterocycles. The van der Waals surface area contributed by atoms with Crippen LogP contribution in [0.4, 0.5) is 10.5 Å². The second-order valence-corrected chi connectivity index (χ2v) is 5.97. The molecule has 8 heteroatoms. The summed E-state index contributed by atoms with van der Waals surface area (Å²) in [7, 11) is 0. The molecule has 1 saturated heterocycles. The highest BCUT2D eigenvalue weighted by Gasteiger charge is 2.43. The lowest BCUT2D eigenvalue weighted by atomic mass is 10.2. The van der Waals surface area contributed by atoms with Gasteiger partial charge in [0, 0.05) is 12.2 Å². The Kier molecular flexibility index (Phi) is 4.12. The van der Waals surface area contributed by atoms with Crippen LogP contribution in [0, 0.1) is 6.92 Å². The molecule has 1 unspecified atom stereocenters. The van der Waals surface area contributed by atoms with Crippen LogP contribution < -0.4 is 9.64 Å². The van der Waals surface area contributed by atoms with Gasteiger partial charge in [-0.1, -0.05) is 17.7 Å². The van der Waals surface area contributed by atoms with Crippen LogP contribution in [0.5, 0.6) is 5.75 Å². The summed E-state index contributed by atoms with van der Waals surface area (Å²) in [4.78, 5) is 23.7. The van der Waals surface area contributed by atoms with E-state index < -0.39 is 0 Å². The van der Waals surface area contributed by atoms with Crippen LogP contribution in [0.1, 0.15) is 11.4 Å². The first kappa shape index (κ1) is 16.0. The van der Waals surface area contributed by atoms with Crippen molar-refractivity contribution >= 4 is 35.7 Å². The van der Waals surface area contributed by atoms with Crippen LogP contribution in [-0.4, -0.2) is 40.1 Å². The highest BCUT2D eigenvalue weighted by molar-refractivity contribution is 6.32. The summed E-state index contributed by atoms with van der Waals surface area (Å²) in [5.41, 5.74) is 2.62. The van der Waals surface area contributed by atoms with Crippen LogP contribution >= 0.6 is 24.0 Å². The van der Waals surface area contributed by atoms with Crippen molar-refractivity contribution < 1.29 is 9.53 Å². The van der Waals surface area contributed by atoms with Gasteiger partial charge in [0.2, 0.25) is 0 Å². The van der Waals surface area contributed by atoms with E-state index in [1.54, 1.807) is 22.2 Å². The number of aryl methyl sites for hydroxylation is 1. The summed E-state index contributed by atoms with van der Waals surface area (Å²) < 4.78 is 5.75. The number of carbonyl (C=O) groups excluding carboxylic acids is 1. The number of anilines is 1. The predicted octanol–water partition coefficient (Wildman–Crippen LogP) is 3.00. The van der Waals surface area contributed by atoms with E-state index in [2.05, 4.69) is 9.97 Å². The summed E-state index contributed by atoms with van der Waals surface area (Å²) >= 11 is 6.16. The van der Waals surface area contributed by atoms with Gasteiger partial charge in [0.25, 0.3) is 0 Å². The highest BCUT2D eigenvalue weighted by Crippen LogP contribution is 2.42. The number of halogens is 2. The molecule has 0 bridgehead atoms. The van der Waals surface area contributed by atoms with E-state index in [-0.39, 0.29) is 24.5 Å². The van der Waals surface area contributed by atoms with Crippen molar-refractivity contribution in [2.45, 2.75) is 19.5 Å². The number of aromatic amines is 1. The number of para-hydroxylation sites is 1. The molecule has 0 aliphatic carbocycles. The number of ether oxygens (including phenoxy) is 1. The Balaban J connectivity index is 0.00000156. The third kappa shape index (κ3) is 2.52. The van der Waals surface area contributed by atoms with Crippen LogP contribution in [-0.2, 0) is 6.54 Å². The molecule has 0 radical (unpaired) electrons. The number of aromatic nitrogens is 2. The predicted molar refractivity (Wildman–Crippen MR) is 89.6 cm³/mol. The van der Waals surface area contributed by atoms with E-state index in [1.807, 2.05) is 19.1 Å². The molecule has 1 aromatic heterocycles. The monoisotopic (exact) mass is 354 g/mol. The molecule has 2 aliphatic rings. The van der Waals surface area contributed by atoms with Gasteiger partial charge in [-0.15, -0.1) is 12.4 Å². The van der Waals surface area contributed by atoms with E-state index in [9.17, 15) is 4.79 Å². The van der Waals surface area contributed by atoms with Gasteiger partial charge in [-0.25, -0.2) is 9.78 Å². The molecular formula is C15H16Cl2N4O2. The maximum Gasteiger partial charge on any atom is 0.325 e. The van der Waals surface area contributed by atoms with Crippen LogP contribution in [0.2, 0.25) is 5.02 Å². The fourth-order valence-corrected chi connectivity index (χ4v) is 3.24.